The molecule has 7 nitrogen and oxygen atoms in total. The lowest BCUT2D eigenvalue weighted by atomic mass is 10.3. The van der Waals surface area contributed by atoms with Crippen LogP contribution in [-0.2, 0) is 21.4 Å². The molecule has 130 valence electrons. The highest BCUT2D eigenvalue weighted by molar-refractivity contribution is 7.88. The maximum Gasteiger partial charge on any atom is 0.221 e. The summed E-state index contributed by atoms with van der Waals surface area (Å²) in [6.07, 6.45) is 5.42. The number of aromatic nitrogens is 1. The third-order valence-electron chi connectivity index (χ3n) is 3.24. The topological polar surface area (TPSA) is 82.6 Å². The van der Waals surface area contributed by atoms with E-state index in [9.17, 15) is 13.2 Å². The van der Waals surface area contributed by atoms with Gasteiger partial charge >= 0.3 is 0 Å². The number of pyridine rings is 1. The average molecular weight is 342 g/mol. The molecule has 0 spiro atoms. The molecule has 8 heteroatoms. The van der Waals surface area contributed by atoms with Crippen LogP contribution in [0.15, 0.2) is 24.5 Å². The molecule has 0 bridgehead atoms. The van der Waals surface area contributed by atoms with E-state index in [4.69, 9.17) is 0 Å². The van der Waals surface area contributed by atoms with Crippen LogP contribution in [0.1, 0.15) is 18.4 Å². The molecule has 0 aliphatic heterocycles. The number of rotatable bonds is 10. The summed E-state index contributed by atoms with van der Waals surface area (Å²) in [5, 5.41) is 2.81. The Balaban J connectivity index is 2.44. The first-order valence-electron chi connectivity index (χ1n) is 7.54. The number of carbonyl (C=O) groups is 1. The molecule has 1 aromatic heterocycles. The fourth-order valence-electron chi connectivity index (χ4n) is 2.00. The van der Waals surface area contributed by atoms with Gasteiger partial charge in [0.2, 0.25) is 15.9 Å². The van der Waals surface area contributed by atoms with Crippen molar-refractivity contribution in [2.45, 2.75) is 19.4 Å². The van der Waals surface area contributed by atoms with E-state index in [1.807, 2.05) is 25.1 Å². The highest BCUT2D eigenvalue weighted by Crippen LogP contribution is 2.08. The van der Waals surface area contributed by atoms with Gasteiger partial charge < -0.3 is 10.2 Å². The zero-order valence-electron chi connectivity index (χ0n) is 14.0. The maximum absolute atomic E-state index is 11.9. The smallest absolute Gasteiger partial charge is 0.221 e. The van der Waals surface area contributed by atoms with Crippen LogP contribution in [-0.4, -0.2) is 68.5 Å². The first-order valence-corrected chi connectivity index (χ1v) is 9.39. The summed E-state index contributed by atoms with van der Waals surface area (Å²) in [6.45, 7) is 1.88. The summed E-state index contributed by atoms with van der Waals surface area (Å²) in [5.41, 5.74) is 0.796. The Morgan fingerprint density at radius 3 is 2.61 bits per heavy atom. The molecule has 0 unspecified atom stereocenters. The van der Waals surface area contributed by atoms with Crippen molar-refractivity contribution in [1.29, 1.82) is 0 Å². The molecular weight excluding hydrogens is 316 g/mol. The normalized spacial score (nSPS) is 11.9. The molecule has 0 saturated heterocycles. The fraction of sp³-hybridized carbons (Fsp3) is 0.600. The number of hydrogen-bond donors (Lipinski definition) is 1. The van der Waals surface area contributed by atoms with Gasteiger partial charge in [0.1, 0.15) is 0 Å². The van der Waals surface area contributed by atoms with Crippen LogP contribution in [0.4, 0.5) is 0 Å². The van der Waals surface area contributed by atoms with Gasteiger partial charge in [-0.1, -0.05) is 6.07 Å². The van der Waals surface area contributed by atoms with Crippen molar-refractivity contribution >= 4 is 15.9 Å². The summed E-state index contributed by atoms with van der Waals surface area (Å²) >= 11 is 0. The van der Waals surface area contributed by atoms with E-state index in [0.29, 0.717) is 6.54 Å². The van der Waals surface area contributed by atoms with Gasteiger partial charge in [0.25, 0.3) is 0 Å². The molecule has 0 atom stereocenters. The molecule has 23 heavy (non-hydrogen) atoms. The van der Waals surface area contributed by atoms with Gasteiger partial charge in [-0.25, -0.2) is 8.42 Å². The van der Waals surface area contributed by atoms with Crippen LogP contribution in [0, 0.1) is 0 Å². The number of carbonyl (C=O) groups excluding carboxylic acids is 1. The molecule has 0 fully saturated rings. The Morgan fingerprint density at radius 2 is 2.04 bits per heavy atom. The van der Waals surface area contributed by atoms with Crippen LogP contribution in [0.25, 0.3) is 0 Å². The van der Waals surface area contributed by atoms with Crippen molar-refractivity contribution in [3.05, 3.63) is 30.1 Å². The van der Waals surface area contributed by atoms with Crippen molar-refractivity contribution in [3.8, 4) is 0 Å². The number of sulfonamides is 1. The standard InChI is InChI=1S/C15H26N4O3S/c1-18(2)10-5-9-17-15(20)7-11-19(23(3,21)22)13-14-6-4-8-16-12-14/h4,6,8,12H,5,7,9-11,13H2,1-3H3,(H,17,20). The lowest BCUT2D eigenvalue weighted by Gasteiger charge is -2.19. The molecule has 1 N–H and O–H groups in total. The average Bonchev–Trinajstić information content (AvgIpc) is 2.47. The van der Waals surface area contributed by atoms with Crippen molar-refractivity contribution in [2.24, 2.45) is 0 Å². The fourth-order valence-corrected chi connectivity index (χ4v) is 2.80. The maximum atomic E-state index is 11.9. The third kappa shape index (κ3) is 8.63. The van der Waals surface area contributed by atoms with Gasteiger partial charge in [0, 0.05) is 38.4 Å². The molecule has 0 radical (unpaired) electrons. The van der Waals surface area contributed by atoms with Gasteiger partial charge in [-0.15, -0.1) is 0 Å². The van der Waals surface area contributed by atoms with Crippen molar-refractivity contribution < 1.29 is 13.2 Å². The molecule has 0 aliphatic rings. The highest BCUT2D eigenvalue weighted by atomic mass is 32.2. The van der Waals surface area contributed by atoms with E-state index >= 15 is 0 Å². The van der Waals surface area contributed by atoms with Crippen LogP contribution in [0.3, 0.4) is 0 Å². The molecule has 0 saturated carbocycles. The van der Waals surface area contributed by atoms with E-state index in [1.54, 1.807) is 18.5 Å². The van der Waals surface area contributed by atoms with Crippen molar-refractivity contribution in [3.63, 3.8) is 0 Å². The van der Waals surface area contributed by atoms with Crippen LogP contribution in [0.5, 0.6) is 0 Å². The predicted molar refractivity (Wildman–Crippen MR) is 90.3 cm³/mol. The summed E-state index contributed by atoms with van der Waals surface area (Å²) in [5.74, 6) is -0.136. The van der Waals surface area contributed by atoms with Crippen LogP contribution in [0.2, 0.25) is 0 Å². The Kier molecular flexibility index (Phi) is 8.15. The second-order valence-electron chi connectivity index (χ2n) is 5.71. The minimum atomic E-state index is -3.38. The quantitative estimate of drug-likeness (QED) is 0.619. The number of nitrogens with zero attached hydrogens (tertiary/aromatic N) is 3. The van der Waals surface area contributed by atoms with Gasteiger partial charge in [0.05, 0.1) is 6.26 Å². The van der Waals surface area contributed by atoms with Crippen LogP contribution < -0.4 is 5.32 Å². The SMILES string of the molecule is CN(C)CCCNC(=O)CCN(Cc1cccnc1)S(C)(=O)=O. The molecule has 1 amide bonds. The Bertz CT molecular complexity index is 576. The highest BCUT2D eigenvalue weighted by Gasteiger charge is 2.18. The molecular formula is C15H26N4O3S. The van der Waals surface area contributed by atoms with E-state index in [2.05, 4.69) is 10.3 Å². The summed E-state index contributed by atoms with van der Waals surface area (Å²) in [4.78, 5) is 17.8. The Labute approximate surface area is 138 Å². The monoisotopic (exact) mass is 342 g/mol. The molecule has 1 heterocycles. The predicted octanol–water partition coefficient (Wildman–Crippen LogP) is 0.301. The first-order chi connectivity index (χ1) is 10.8. The summed E-state index contributed by atoms with van der Waals surface area (Å²) in [7, 11) is 0.577. The van der Waals surface area contributed by atoms with Crippen molar-refractivity contribution in [2.75, 3.05) is 40.0 Å². The Morgan fingerprint density at radius 1 is 1.30 bits per heavy atom. The Hall–Kier alpha value is -1.51. The van der Waals surface area contributed by atoms with Gasteiger partial charge in [-0.2, -0.15) is 4.31 Å². The zero-order chi connectivity index (χ0) is 17.3. The molecule has 1 rings (SSSR count). The largest absolute Gasteiger partial charge is 0.356 e. The van der Waals surface area contributed by atoms with E-state index in [1.165, 1.54) is 4.31 Å². The van der Waals surface area contributed by atoms with Crippen molar-refractivity contribution in [1.82, 2.24) is 19.5 Å². The molecule has 0 aliphatic carbocycles. The summed E-state index contributed by atoms with van der Waals surface area (Å²) in [6, 6.07) is 3.57. The minimum Gasteiger partial charge on any atom is -0.356 e. The van der Waals surface area contributed by atoms with Gasteiger partial charge in [0.15, 0.2) is 0 Å². The second kappa shape index (κ2) is 9.59. The van der Waals surface area contributed by atoms with Gasteiger partial charge in [-0.05, 0) is 38.7 Å². The summed E-state index contributed by atoms with van der Waals surface area (Å²) < 4.78 is 25.0. The lowest BCUT2D eigenvalue weighted by Crippen LogP contribution is -2.34. The zero-order valence-corrected chi connectivity index (χ0v) is 14.8. The van der Waals surface area contributed by atoms with E-state index in [0.717, 1.165) is 24.8 Å². The lowest BCUT2D eigenvalue weighted by molar-refractivity contribution is -0.121. The number of hydrogen-bond acceptors (Lipinski definition) is 5. The first kappa shape index (κ1) is 19.5. The minimum absolute atomic E-state index is 0.136. The number of nitrogens with one attached hydrogen (secondary N) is 1. The molecule has 1 aromatic rings. The van der Waals surface area contributed by atoms with E-state index in [-0.39, 0.29) is 25.4 Å². The second-order valence-corrected chi connectivity index (χ2v) is 7.70. The van der Waals surface area contributed by atoms with E-state index < -0.39 is 10.0 Å². The number of amides is 1. The third-order valence-corrected chi connectivity index (χ3v) is 4.49. The molecule has 0 aromatic carbocycles. The van der Waals surface area contributed by atoms with Crippen LogP contribution >= 0.6 is 0 Å². The van der Waals surface area contributed by atoms with Gasteiger partial charge in [-0.3, -0.25) is 9.78 Å².